The van der Waals surface area contributed by atoms with E-state index in [-0.39, 0.29) is 23.3 Å². The Morgan fingerprint density at radius 3 is 2.95 bits per heavy atom. The Morgan fingerprint density at radius 1 is 1.43 bits per heavy atom. The Labute approximate surface area is 128 Å². The standard InChI is InChI=1S/C14H16ClNO4S/c15-11-1-2-12-10(5-11)6-13(20-12)14(17)16-7-9-3-4-21(18,19)8-9/h1-2,5,9,13H,3-4,6-8H2,(H,16,17)/t9-,13+/m1/s1. The van der Waals surface area contributed by atoms with E-state index in [0.717, 1.165) is 5.56 Å². The number of carbonyl (C=O) groups is 1. The summed E-state index contributed by atoms with van der Waals surface area (Å²) in [4.78, 5) is 12.1. The summed E-state index contributed by atoms with van der Waals surface area (Å²) in [7, 11) is -2.91. The van der Waals surface area contributed by atoms with Gasteiger partial charge in [-0.25, -0.2) is 8.42 Å². The van der Waals surface area contributed by atoms with Gasteiger partial charge >= 0.3 is 0 Å². The van der Waals surface area contributed by atoms with E-state index in [1.54, 1.807) is 18.2 Å². The molecule has 0 bridgehead atoms. The number of sulfone groups is 1. The minimum atomic E-state index is -2.91. The second-order valence-electron chi connectivity index (χ2n) is 5.58. The van der Waals surface area contributed by atoms with E-state index < -0.39 is 15.9 Å². The van der Waals surface area contributed by atoms with E-state index in [4.69, 9.17) is 16.3 Å². The smallest absolute Gasteiger partial charge is 0.261 e. The minimum Gasteiger partial charge on any atom is -0.480 e. The maximum atomic E-state index is 12.1. The van der Waals surface area contributed by atoms with E-state index in [9.17, 15) is 13.2 Å². The van der Waals surface area contributed by atoms with Gasteiger partial charge in [-0.3, -0.25) is 4.79 Å². The number of benzene rings is 1. The fourth-order valence-electron chi connectivity index (χ4n) is 2.76. The lowest BCUT2D eigenvalue weighted by Crippen LogP contribution is -2.40. The van der Waals surface area contributed by atoms with E-state index >= 15 is 0 Å². The molecule has 1 aromatic rings. The van der Waals surface area contributed by atoms with Crippen LogP contribution in [0.1, 0.15) is 12.0 Å². The molecule has 0 spiro atoms. The van der Waals surface area contributed by atoms with Gasteiger partial charge in [-0.1, -0.05) is 11.6 Å². The molecular formula is C14H16ClNO4S. The quantitative estimate of drug-likeness (QED) is 0.904. The van der Waals surface area contributed by atoms with Crippen LogP contribution >= 0.6 is 11.6 Å². The van der Waals surface area contributed by atoms with Crippen molar-refractivity contribution in [1.29, 1.82) is 0 Å². The summed E-state index contributed by atoms with van der Waals surface area (Å²) in [6.07, 6.45) is 0.547. The molecule has 0 saturated carbocycles. The van der Waals surface area contributed by atoms with Gasteiger partial charge in [-0.2, -0.15) is 0 Å². The fraction of sp³-hybridized carbons (Fsp3) is 0.500. The van der Waals surface area contributed by atoms with Crippen LogP contribution in [0.5, 0.6) is 5.75 Å². The number of carbonyl (C=O) groups excluding carboxylic acids is 1. The van der Waals surface area contributed by atoms with Crippen LogP contribution in [0.25, 0.3) is 0 Å². The molecule has 0 unspecified atom stereocenters. The Hall–Kier alpha value is -1.27. The van der Waals surface area contributed by atoms with Crippen LogP contribution in [-0.4, -0.2) is 38.5 Å². The zero-order valence-corrected chi connectivity index (χ0v) is 12.9. The molecule has 2 aliphatic rings. The fourth-order valence-corrected chi connectivity index (χ4v) is 4.81. The number of hydrogen-bond donors (Lipinski definition) is 1. The Kier molecular flexibility index (Phi) is 3.84. The van der Waals surface area contributed by atoms with Gasteiger partial charge in [0.15, 0.2) is 15.9 Å². The molecule has 2 atom stereocenters. The molecule has 1 N–H and O–H groups in total. The van der Waals surface area contributed by atoms with E-state index in [0.29, 0.717) is 30.2 Å². The number of nitrogens with one attached hydrogen (secondary N) is 1. The summed E-state index contributed by atoms with van der Waals surface area (Å²) in [6, 6.07) is 5.28. The number of rotatable bonds is 3. The van der Waals surface area contributed by atoms with E-state index in [1.165, 1.54) is 0 Å². The molecule has 1 amide bonds. The average Bonchev–Trinajstić information content (AvgIpc) is 2.98. The predicted molar refractivity (Wildman–Crippen MR) is 79.3 cm³/mol. The predicted octanol–water partition coefficient (Wildman–Crippen LogP) is 1.19. The van der Waals surface area contributed by atoms with Crippen molar-refractivity contribution in [2.45, 2.75) is 18.9 Å². The lowest BCUT2D eigenvalue weighted by molar-refractivity contribution is -0.127. The number of ether oxygens (including phenoxy) is 1. The third-order valence-electron chi connectivity index (χ3n) is 3.88. The average molecular weight is 330 g/mol. The molecule has 5 nitrogen and oxygen atoms in total. The number of amides is 1. The molecule has 114 valence electrons. The van der Waals surface area contributed by atoms with E-state index in [2.05, 4.69) is 5.32 Å². The van der Waals surface area contributed by atoms with E-state index in [1.807, 2.05) is 0 Å². The summed E-state index contributed by atoms with van der Waals surface area (Å²) in [6.45, 7) is 0.384. The van der Waals surface area contributed by atoms with Gasteiger partial charge in [-0.15, -0.1) is 0 Å². The first-order valence-electron chi connectivity index (χ1n) is 6.86. The summed E-state index contributed by atoms with van der Waals surface area (Å²) < 4.78 is 28.3. The molecule has 2 aliphatic heterocycles. The van der Waals surface area contributed by atoms with Crippen LogP contribution in [0.2, 0.25) is 5.02 Å². The molecule has 0 radical (unpaired) electrons. The number of halogens is 1. The summed E-state index contributed by atoms with van der Waals surface area (Å²) in [5.74, 6) is 0.873. The van der Waals surface area contributed by atoms with Crippen LogP contribution in [0.15, 0.2) is 18.2 Å². The lowest BCUT2D eigenvalue weighted by Gasteiger charge is -2.13. The Bertz CT molecular complexity index is 674. The first-order valence-corrected chi connectivity index (χ1v) is 9.06. The third-order valence-corrected chi connectivity index (χ3v) is 5.95. The van der Waals surface area contributed by atoms with Gasteiger partial charge in [0.2, 0.25) is 0 Å². The van der Waals surface area contributed by atoms with Gasteiger partial charge in [0, 0.05) is 18.0 Å². The number of fused-ring (bicyclic) bond motifs is 1. The highest BCUT2D eigenvalue weighted by molar-refractivity contribution is 7.91. The molecule has 21 heavy (non-hydrogen) atoms. The van der Waals surface area contributed by atoms with Crippen molar-refractivity contribution in [1.82, 2.24) is 5.32 Å². The van der Waals surface area contributed by atoms with Gasteiger partial charge in [0.25, 0.3) is 5.91 Å². The van der Waals surface area contributed by atoms with Crippen LogP contribution in [0.4, 0.5) is 0 Å². The van der Waals surface area contributed by atoms with Crippen molar-refractivity contribution in [3.05, 3.63) is 28.8 Å². The first-order chi connectivity index (χ1) is 9.93. The highest BCUT2D eigenvalue weighted by Gasteiger charge is 2.31. The molecule has 3 rings (SSSR count). The summed E-state index contributed by atoms with van der Waals surface area (Å²) in [5.41, 5.74) is 0.922. The van der Waals surface area contributed by atoms with Crippen LogP contribution < -0.4 is 10.1 Å². The van der Waals surface area contributed by atoms with Crippen molar-refractivity contribution in [3.8, 4) is 5.75 Å². The molecule has 1 saturated heterocycles. The topological polar surface area (TPSA) is 72.5 Å². The maximum absolute atomic E-state index is 12.1. The highest BCUT2D eigenvalue weighted by atomic mass is 35.5. The van der Waals surface area contributed by atoms with Gasteiger partial charge < -0.3 is 10.1 Å². The molecular weight excluding hydrogens is 314 g/mol. The lowest BCUT2D eigenvalue weighted by atomic mass is 10.1. The maximum Gasteiger partial charge on any atom is 0.261 e. The van der Waals surface area contributed by atoms with Crippen LogP contribution in [-0.2, 0) is 21.1 Å². The SMILES string of the molecule is O=C(NC[C@H]1CCS(=O)(=O)C1)[C@@H]1Cc2cc(Cl)ccc2O1. The highest BCUT2D eigenvalue weighted by Crippen LogP contribution is 2.31. The molecule has 7 heteroatoms. The summed E-state index contributed by atoms with van der Waals surface area (Å²) in [5, 5.41) is 3.41. The van der Waals surface area contributed by atoms with Crippen LogP contribution in [0, 0.1) is 5.92 Å². The molecule has 1 aromatic carbocycles. The van der Waals surface area contributed by atoms with Crippen molar-refractivity contribution in [2.75, 3.05) is 18.1 Å². The first kappa shape index (κ1) is 14.7. The minimum absolute atomic E-state index is 0.0113. The monoisotopic (exact) mass is 329 g/mol. The molecule has 1 fully saturated rings. The van der Waals surface area contributed by atoms with Gasteiger partial charge in [-0.05, 0) is 36.1 Å². The third kappa shape index (κ3) is 3.32. The van der Waals surface area contributed by atoms with Crippen LogP contribution in [0.3, 0.4) is 0 Å². The van der Waals surface area contributed by atoms with Crippen molar-refractivity contribution in [3.63, 3.8) is 0 Å². The second-order valence-corrected chi connectivity index (χ2v) is 8.24. The second kappa shape index (κ2) is 5.50. The van der Waals surface area contributed by atoms with Crippen molar-refractivity contribution < 1.29 is 17.9 Å². The molecule has 2 heterocycles. The Balaban J connectivity index is 1.54. The normalized spacial score (nSPS) is 26.1. The van der Waals surface area contributed by atoms with Gasteiger partial charge in [0.1, 0.15) is 5.75 Å². The van der Waals surface area contributed by atoms with Gasteiger partial charge in [0.05, 0.1) is 11.5 Å². The molecule has 0 aliphatic carbocycles. The molecule has 0 aromatic heterocycles. The Morgan fingerprint density at radius 2 is 2.24 bits per heavy atom. The van der Waals surface area contributed by atoms with Crippen molar-refractivity contribution >= 4 is 27.3 Å². The zero-order valence-electron chi connectivity index (χ0n) is 11.3. The van der Waals surface area contributed by atoms with Crippen molar-refractivity contribution in [2.24, 2.45) is 5.92 Å². The largest absolute Gasteiger partial charge is 0.480 e. The summed E-state index contributed by atoms with van der Waals surface area (Å²) >= 11 is 5.91. The zero-order chi connectivity index (χ0) is 15.0. The number of hydrogen-bond acceptors (Lipinski definition) is 4.